The topological polar surface area (TPSA) is 29.0 Å². The van der Waals surface area contributed by atoms with Crippen LogP contribution < -0.4 is 4.90 Å². The summed E-state index contributed by atoms with van der Waals surface area (Å²) in [6.45, 7) is 0. The zero-order valence-corrected chi connectivity index (χ0v) is 9.84. The molecule has 0 aliphatic heterocycles. The highest BCUT2D eigenvalue weighted by atomic mass is 35.5. The highest BCUT2D eigenvalue weighted by Gasteiger charge is 2.06. The lowest BCUT2D eigenvalue weighted by Crippen LogP contribution is -2.08. The number of hydrogen-bond donors (Lipinski definition) is 0. The average molecular weight is 242 g/mol. The molecular formula is C10H9Cl2N3. The monoisotopic (exact) mass is 241 g/mol. The maximum Gasteiger partial charge on any atom is 0.224 e. The van der Waals surface area contributed by atoms with Crippen molar-refractivity contribution in [2.24, 2.45) is 0 Å². The number of benzene rings is 1. The van der Waals surface area contributed by atoms with Crippen molar-refractivity contribution >= 4 is 39.8 Å². The van der Waals surface area contributed by atoms with Crippen LogP contribution in [0.25, 0.3) is 10.9 Å². The van der Waals surface area contributed by atoms with E-state index in [0.717, 1.165) is 16.6 Å². The molecule has 0 N–H and O–H groups in total. The summed E-state index contributed by atoms with van der Waals surface area (Å²) in [6.07, 6.45) is 0. The Kier molecular flexibility index (Phi) is 2.67. The second kappa shape index (κ2) is 3.83. The van der Waals surface area contributed by atoms with Gasteiger partial charge in [0, 0.05) is 25.2 Å². The van der Waals surface area contributed by atoms with Crippen LogP contribution in [0.4, 0.5) is 5.69 Å². The van der Waals surface area contributed by atoms with Crippen LogP contribution in [-0.2, 0) is 0 Å². The van der Waals surface area contributed by atoms with Gasteiger partial charge in [0.15, 0.2) is 0 Å². The Morgan fingerprint density at radius 3 is 2.53 bits per heavy atom. The van der Waals surface area contributed by atoms with Crippen molar-refractivity contribution < 1.29 is 0 Å². The van der Waals surface area contributed by atoms with Crippen LogP contribution in [-0.4, -0.2) is 24.1 Å². The molecule has 0 saturated heterocycles. The standard InChI is InChI=1S/C10H9Cl2N3/c1-15(2)6-3-4-8-7(5-6)9(11)14-10(12)13-8/h3-5H,1-2H3. The van der Waals surface area contributed by atoms with Gasteiger partial charge in [-0.25, -0.2) is 9.97 Å². The van der Waals surface area contributed by atoms with Crippen molar-refractivity contribution in [3.8, 4) is 0 Å². The molecule has 0 saturated carbocycles. The first-order valence-electron chi connectivity index (χ1n) is 4.38. The van der Waals surface area contributed by atoms with Gasteiger partial charge in [-0.1, -0.05) is 11.6 Å². The average Bonchev–Trinajstić information content (AvgIpc) is 2.16. The van der Waals surface area contributed by atoms with Crippen LogP contribution in [0.1, 0.15) is 0 Å². The molecule has 0 radical (unpaired) electrons. The van der Waals surface area contributed by atoms with E-state index >= 15 is 0 Å². The molecule has 1 aromatic heterocycles. The number of nitrogens with zero attached hydrogens (tertiary/aromatic N) is 3. The lowest BCUT2D eigenvalue weighted by atomic mass is 10.2. The van der Waals surface area contributed by atoms with Crippen LogP contribution in [0.15, 0.2) is 18.2 Å². The Morgan fingerprint density at radius 1 is 1.13 bits per heavy atom. The van der Waals surface area contributed by atoms with E-state index in [9.17, 15) is 0 Å². The number of fused-ring (bicyclic) bond motifs is 1. The van der Waals surface area contributed by atoms with Crippen molar-refractivity contribution in [3.63, 3.8) is 0 Å². The van der Waals surface area contributed by atoms with E-state index < -0.39 is 0 Å². The molecule has 0 unspecified atom stereocenters. The van der Waals surface area contributed by atoms with E-state index in [2.05, 4.69) is 9.97 Å². The Hall–Kier alpha value is -1.06. The van der Waals surface area contributed by atoms with Crippen molar-refractivity contribution in [3.05, 3.63) is 28.6 Å². The molecule has 0 atom stereocenters. The second-order valence-corrected chi connectivity index (χ2v) is 4.08. The minimum Gasteiger partial charge on any atom is -0.378 e. The molecule has 0 spiro atoms. The van der Waals surface area contributed by atoms with E-state index in [1.165, 1.54) is 0 Å². The Bertz CT molecular complexity index is 511. The van der Waals surface area contributed by atoms with E-state index in [1.54, 1.807) is 0 Å². The summed E-state index contributed by atoms with van der Waals surface area (Å²) in [5.74, 6) is 0. The summed E-state index contributed by atoms with van der Waals surface area (Å²) in [6, 6.07) is 5.78. The zero-order valence-electron chi connectivity index (χ0n) is 8.33. The fraction of sp³-hybridized carbons (Fsp3) is 0.200. The summed E-state index contributed by atoms with van der Waals surface area (Å²) in [4.78, 5) is 9.98. The number of rotatable bonds is 1. The molecule has 1 aromatic carbocycles. The van der Waals surface area contributed by atoms with Crippen LogP contribution in [0.5, 0.6) is 0 Å². The maximum atomic E-state index is 5.98. The summed E-state index contributed by atoms with van der Waals surface area (Å²) >= 11 is 11.7. The summed E-state index contributed by atoms with van der Waals surface area (Å²) in [5.41, 5.74) is 1.81. The predicted octanol–water partition coefficient (Wildman–Crippen LogP) is 3.00. The fourth-order valence-electron chi connectivity index (χ4n) is 1.33. The van der Waals surface area contributed by atoms with E-state index in [-0.39, 0.29) is 5.28 Å². The third kappa shape index (κ3) is 1.98. The van der Waals surface area contributed by atoms with Gasteiger partial charge in [0.05, 0.1) is 5.52 Å². The molecule has 0 aliphatic carbocycles. The maximum absolute atomic E-state index is 5.98. The Morgan fingerprint density at radius 2 is 1.87 bits per heavy atom. The van der Waals surface area contributed by atoms with Crippen molar-refractivity contribution in [2.75, 3.05) is 19.0 Å². The highest BCUT2D eigenvalue weighted by molar-refractivity contribution is 6.35. The predicted molar refractivity (Wildman–Crippen MR) is 63.9 cm³/mol. The molecule has 2 rings (SSSR count). The second-order valence-electron chi connectivity index (χ2n) is 3.38. The van der Waals surface area contributed by atoms with Gasteiger partial charge in [-0.2, -0.15) is 0 Å². The summed E-state index contributed by atoms with van der Waals surface area (Å²) in [5, 5.41) is 1.37. The summed E-state index contributed by atoms with van der Waals surface area (Å²) < 4.78 is 0. The summed E-state index contributed by atoms with van der Waals surface area (Å²) in [7, 11) is 3.93. The molecule has 5 heteroatoms. The van der Waals surface area contributed by atoms with Crippen LogP contribution in [0, 0.1) is 0 Å². The quantitative estimate of drug-likeness (QED) is 0.568. The molecule has 3 nitrogen and oxygen atoms in total. The van der Waals surface area contributed by atoms with Gasteiger partial charge in [0.25, 0.3) is 0 Å². The van der Waals surface area contributed by atoms with Crippen LogP contribution in [0.2, 0.25) is 10.4 Å². The van der Waals surface area contributed by atoms with E-state index in [1.807, 2.05) is 37.2 Å². The zero-order chi connectivity index (χ0) is 11.0. The van der Waals surface area contributed by atoms with Gasteiger partial charge in [-0.15, -0.1) is 0 Å². The van der Waals surface area contributed by atoms with Gasteiger partial charge in [-0.3, -0.25) is 0 Å². The lowest BCUT2D eigenvalue weighted by Gasteiger charge is -2.12. The van der Waals surface area contributed by atoms with Crippen LogP contribution in [0.3, 0.4) is 0 Å². The third-order valence-corrected chi connectivity index (χ3v) is 2.58. The minimum absolute atomic E-state index is 0.171. The molecule has 78 valence electrons. The van der Waals surface area contributed by atoms with Crippen molar-refractivity contribution in [1.29, 1.82) is 0 Å². The van der Waals surface area contributed by atoms with Gasteiger partial charge in [0.1, 0.15) is 5.15 Å². The number of anilines is 1. The lowest BCUT2D eigenvalue weighted by molar-refractivity contribution is 1.13. The normalized spacial score (nSPS) is 10.7. The molecule has 2 aromatic rings. The minimum atomic E-state index is 0.171. The van der Waals surface area contributed by atoms with Gasteiger partial charge < -0.3 is 4.90 Å². The first-order chi connectivity index (χ1) is 7.08. The van der Waals surface area contributed by atoms with Crippen molar-refractivity contribution in [2.45, 2.75) is 0 Å². The molecular weight excluding hydrogens is 233 g/mol. The van der Waals surface area contributed by atoms with E-state index in [4.69, 9.17) is 23.2 Å². The van der Waals surface area contributed by atoms with E-state index in [0.29, 0.717) is 5.15 Å². The molecule has 0 fully saturated rings. The number of halogens is 2. The molecule has 0 amide bonds. The number of aromatic nitrogens is 2. The first-order valence-corrected chi connectivity index (χ1v) is 5.13. The van der Waals surface area contributed by atoms with Crippen molar-refractivity contribution in [1.82, 2.24) is 9.97 Å². The SMILES string of the molecule is CN(C)c1ccc2nc(Cl)nc(Cl)c2c1. The Labute approximate surface area is 97.6 Å². The Balaban J connectivity index is 2.71. The molecule has 0 bridgehead atoms. The molecule has 0 aliphatic rings. The fourth-order valence-corrected chi connectivity index (χ4v) is 1.78. The van der Waals surface area contributed by atoms with Gasteiger partial charge >= 0.3 is 0 Å². The molecule has 15 heavy (non-hydrogen) atoms. The van der Waals surface area contributed by atoms with Crippen LogP contribution >= 0.6 is 23.2 Å². The first kappa shape index (κ1) is 10.5. The highest BCUT2D eigenvalue weighted by Crippen LogP contribution is 2.25. The largest absolute Gasteiger partial charge is 0.378 e. The number of hydrogen-bond acceptors (Lipinski definition) is 3. The van der Waals surface area contributed by atoms with Gasteiger partial charge in [0.2, 0.25) is 5.28 Å². The molecule has 1 heterocycles. The van der Waals surface area contributed by atoms with Gasteiger partial charge in [-0.05, 0) is 29.8 Å². The smallest absolute Gasteiger partial charge is 0.224 e. The third-order valence-electron chi connectivity index (χ3n) is 2.12.